The van der Waals surface area contributed by atoms with Crippen LogP contribution in [0, 0.1) is 0 Å². The van der Waals surface area contributed by atoms with E-state index < -0.39 is 5.97 Å². The average Bonchev–Trinajstić information content (AvgIpc) is 2.38. The van der Waals surface area contributed by atoms with Gasteiger partial charge in [-0.05, 0) is 18.2 Å². The summed E-state index contributed by atoms with van der Waals surface area (Å²) in [6.07, 6.45) is 0. The molecule has 0 fully saturated rings. The minimum absolute atomic E-state index is 0.109. The molecule has 0 unspecified atom stereocenters. The number of esters is 1. The lowest BCUT2D eigenvalue weighted by Crippen LogP contribution is -2.06. The fraction of sp³-hybridized carbons (Fsp3) is 0.167. The Morgan fingerprint density at radius 3 is 2.72 bits per heavy atom. The summed E-state index contributed by atoms with van der Waals surface area (Å²) in [6, 6.07) is 4.77. The van der Waals surface area contributed by atoms with Crippen molar-refractivity contribution in [3.63, 3.8) is 0 Å². The SMILES string of the molecule is COC(=O)c1cc(N)c2c(OC)ccc(Cl)c2n1. The highest BCUT2D eigenvalue weighted by Gasteiger charge is 2.15. The summed E-state index contributed by atoms with van der Waals surface area (Å²) in [7, 11) is 2.80. The van der Waals surface area contributed by atoms with Crippen LogP contribution >= 0.6 is 11.6 Å². The third-order valence-electron chi connectivity index (χ3n) is 2.52. The van der Waals surface area contributed by atoms with Gasteiger partial charge in [-0.3, -0.25) is 0 Å². The summed E-state index contributed by atoms with van der Waals surface area (Å²) in [5.41, 5.74) is 6.79. The molecule has 0 saturated heterocycles. The first-order valence-electron chi connectivity index (χ1n) is 5.09. The molecule has 5 nitrogen and oxygen atoms in total. The van der Waals surface area contributed by atoms with Gasteiger partial charge in [0.1, 0.15) is 5.75 Å². The first kappa shape index (κ1) is 12.4. The summed E-state index contributed by atoms with van der Waals surface area (Å²) in [6.45, 7) is 0. The number of benzene rings is 1. The van der Waals surface area contributed by atoms with Gasteiger partial charge >= 0.3 is 5.97 Å². The van der Waals surface area contributed by atoms with E-state index in [1.807, 2.05) is 0 Å². The number of halogens is 1. The number of hydrogen-bond donors (Lipinski definition) is 1. The van der Waals surface area contributed by atoms with Crippen LogP contribution in [0.5, 0.6) is 5.75 Å². The lowest BCUT2D eigenvalue weighted by molar-refractivity contribution is 0.0594. The van der Waals surface area contributed by atoms with E-state index in [1.54, 1.807) is 12.1 Å². The van der Waals surface area contributed by atoms with Crippen LogP contribution < -0.4 is 10.5 Å². The largest absolute Gasteiger partial charge is 0.496 e. The number of pyridine rings is 1. The Morgan fingerprint density at radius 2 is 2.11 bits per heavy atom. The summed E-state index contributed by atoms with van der Waals surface area (Å²) in [5, 5.41) is 0.973. The van der Waals surface area contributed by atoms with E-state index in [0.29, 0.717) is 27.4 Å². The third kappa shape index (κ3) is 1.93. The molecule has 2 rings (SSSR count). The molecule has 94 valence electrons. The van der Waals surface area contributed by atoms with Gasteiger partial charge in [0, 0.05) is 5.69 Å². The number of carbonyl (C=O) groups is 1. The van der Waals surface area contributed by atoms with Gasteiger partial charge in [0.25, 0.3) is 0 Å². The molecule has 0 amide bonds. The average molecular weight is 267 g/mol. The highest BCUT2D eigenvalue weighted by Crippen LogP contribution is 2.34. The van der Waals surface area contributed by atoms with E-state index in [2.05, 4.69) is 9.72 Å². The van der Waals surface area contributed by atoms with Gasteiger partial charge in [-0.15, -0.1) is 0 Å². The first-order valence-corrected chi connectivity index (χ1v) is 5.47. The predicted molar refractivity (Wildman–Crippen MR) is 69.1 cm³/mol. The van der Waals surface area contributed by atoms with Crippen LogP contribution in [0.4, 0.5) is 5.69 Å². The first-order chi connectivity index (χ1) is 8.58. The summed E-state index contributed by atoms with van der Waals surface area (Å²) >= 11 is 6.05. The molecule has 2 N–H and O–H groups in total. The smallest absolute Gasteiger partial charge is 0.356 e. The third-order valence-corrected chi connectivity index (χ3v) is 2.82. The number of nitrogens with zero attached hydrogens (tertiary/aromatic N) is 1. The second-order valence-corrected chi connectivity index (χ2v) is 3.97. The molecule has 0 aliphatic carbocycles. The van der Waals surface area contributed by atoms with Crippen molar-refractivity contribution in [2.45, 2.75) is 0 Å². The van der Waals surface area contributed by atoms with Crippen LogP contribution in [-0.2, 0) is 4.74 Å². The molecule has 1 aromatic carbocycles. The number of ether oxygens (including phenoxy) is 2. The van der Waals surface area contributed by atoms with Crippen molar-refractivity contribution < 1.29 is 14.3 Å². The van der Waals surface area contributed by atoms with E-state index in [1.165, 1.54) is 20.3 Å². The molecule has 0 saturated carbocycles. The lowest BCUT2D eigenvalue weighted by atomic mass is 10.1. The summed E-state index contributed by atoms with van der Waals surface area (Å²) in [5.74, 6) is -0.0155. The maximum absolute atomic E-state index is 11.5. The van der Waals surface area contributed by atoms with Crippen LogP contribution in [0.15, 0.2) is 18.2 Å². The predicted octanol–water partition coefficient (Wildman–Crippen LogP) is 2.27. The Labute approximate surface area is 108 Å². The summed E-state index contributed by atoms with van der Waals surface area (Å²) < 4.78 is 9.80. The standard InChI is InChI=1S/C12H11ClN2O3/c1-17-9-4-3-6(13)11-10(9)7(14)5-8(15-11)12(16)18-2/h3-5H,1-2H3,(H2,14,15). The minimum Gasteiger partial charge on any atom is -0.496 e. The van der Waals surface area contributed by atoms with Gasteiger partial charge in [0.2, 0.25) is 0 Å². The van der Waals surface area contributed by atoms with Crippen molar-refractivity contribution in [1.82, 2.24) is 4.98 Å². The van der Waals surface area contributed by atoms with Crippen LogP contribution in [0.2, 0.25) is 5.02 Å². The Morgan fingerprint density at radius 1 is 1.39 bits per heavy atom. The molecule has 6 heteroatoms. The Kier molecular flexibility index (Phi) is 3.25. The fourth-order valence-electron chi connectivity index (χ4n) is 1.69. The molecule has 0 atom stereocenters. The van der Waals surface area contributed by atoms with Crippen LogP contribution in [0.25, 0.3) is 10.9 Å². The van der Waals surface area contributed by atoms with Gasteiger partial charge < -0.3 is 15.2 Å². The Bertz CT molecular complexity index is 628. The quantitative estimate of drug-likeness (QED) is 0.844. The van der Waals surface area contributed by atoms with Gasteiger partial charge in [-0.25, -0.2) is 9.78 Å². The van der Waals surface area contributed by atoms with Crippen molar-refractivity contribution in [1.29, 1.82) is 0 Å². The molecule has 2 aromatic rings. The molecule has 18 heavy (non-hydrogen) atoms. The molecule has 0 radical (unpaired) electrons. The van der Waals surface area contributed by atoms with Gasteiger partial charge in [0.15, 0.2) is 5.69 Å². The van der Waals surface area contributed by atoms with Crippen LogP contribution in [0.3, 0.4) is 0 Å². The zero-order valence-corrected chi connectivity index (χ0v) is 10.6. The van der Waals surface area contributed by atoms with E-state index in [0.717, 1.165) is 0 Å². The van der Waals surface area contributed by atoms with Gasteiger partial charge in [-0.1, -0.05) is 11.6 Å². The molecule has 1 heterocycles. The van der Waals surface area contributed by atoms with Crippen molar-refractivity contribution >= 4 is 34.2 Å². The van der Waals surface area contributed by atoms with Crippen molar-refractivity contribution in [3.05, 3.63) is 28.9 Å². The zero-order valence-electron chi connectivity index (χ0n) is 9.86. The molecule has 0 spiro atoms. The van der Waals surface area contributed by atoms with E-state index in [9.17, 15) is 4.79 Å². The van der Waals surface area contributed by atoms with Crippen molar-refractivity contribution in [2.24, 2.45) is 0 Å². The van der Waals surface area contributed by atoms with Crippen LogP contribution in [0.1, 0.15) is 10.5 Å². The molecule has 0 aliphatic rings. The Hall–Kier alpha value is -2.01. The second kappa shape index (κ2) is 4.70. The van der Waals surface area contributed by atoms with Gasteiger partial charge in [0.05, 0.1) is 30.1 Å². The van der Waals surface area contributed by atoms with E-state index in [-0.39, 0.29) is 5.69 Å². The zero-order chi connectivity index (χ0) is 13.3. The molecular formula is C12H11ClN2O3. The number of nitrogens with two attached hydrogens (primary N) is 1. The fourth-order valence-corrected chi connectivity index (χ4v) is 1.89. The Balaban J connectivity index is 2.80. The molecule has 0 bridgehead atoms. The number of anilines is 1. The van der Waals surface area contributed by atoms with E-state index >= 15 is 0 Å². The normalized spacial score (nSPS) is 10.4. The molecule has 0 aliphatic heterocycles. The monoisotopic (exact) mass is 266 g/mol. The van der Waals surface area contributed by atoms with Gasteiger partial charge in [-0.2, -0.15) is 0 Å². The minimum atomic E-state index is -0.567. The second-order valence-electron chi connectivity index (χ2n) is 3.56. The van der Waals surface area contributed by atoms with E-state index in [4.69, 9.17) is 22.1 Å². The maximum atomic E-state index is 11.5. The molecular weight excluding hydrogens is 256 g/mol. The van der Waals surface area contributed by atoms with Crippen molar-refractivity contribution in [3.8, 4) is 5.75 Å². The number of carbonyl (C=O) groups excluding carboxylic acids is 1. The maximum Gasteiger partial charge on any atom is 0.356 e. The highest BCUT2D eigenvalue weighted by atomic mass is 35.5. The van der Waals surface area contributed by atoms with Crippen molar-refractivity contribution in [2.75, 3.05) is 20.0 Å². The summed E-state index contributed by atoms with van der Waals surface area (Å²) in [4.78, 5) is 15.6. The highest BCUT2D eigenvalue weighted by molar-refractivity contribution is 6.35. The number of nitrogen functional groups attached to an aromatic ring is 1. The number of methoxy groups -OCH3 is 2. The number of hydrogen-bond acceptors (Lipinski definition) is 5. The van der Waals surface area contributed by atoms with Crippen LogP contribution in [-0.4, -0.2) is 25.2 Å². The number of aromatic nitrogens is 1. The number of fused-ring (bicyclic) bond motifs is 1. The topological polar surface area (TPSA) is 74.4 Å². The number of rotatable bonds is 2. The molecule has 1 aromatic heterocycles. The lowest BCUT2D eigenvalue weighted by Gasteiger charge is -2.10.